The van der Waals surface area contributed by atoms with E-state index in [1.165, 1.54) is 7.05 Å². The molecule has 3 heteroatoms. The van der Waals surface area contributed by atoms with Crippen LogP contribution in [0.3, 0.4) is 0 Å². The second kappa shape index (κ2) is 419. The fourth-order valence-electron chi connectivity index (χ4n) is 0. The summed E-state index contributed by atoms with van der Waals surface area (Å²) in [6, 6.07) is 0. The maximum atomic E-state index is 8.12. The van der Waals surface area contributed by atoms with E-state index in [4.69, 9.17) is 9.59 Å². The smallest absolute Gasteiger partial charge is 0.333 e. The Labute approximate surface area is 37.1 Å². The van der Waals surface area contributed by atoms with Crippen molar-refractivity contribution in [2.24, 2.45) is 5.73 Å². The van der Waals surface area contributed by atoms with E-state index in [9.17, 15) is 0 Å². The molecule has 0 amide bonds. The number of hydrogen-bond donors (Lipinski definition) is 1. The molecule has 0 saturated carbocycles. The zero-order valence-corrected chi connectivity index (χ0v) is 2.89. The van der Waals surface area contributed by atoms with E-state index >= 15 is 0 Å². The topological polar surface area (TPSA) is 60.2 Å². The van der Waals surface area contributed by atoms with Crippen molar-refractivity contribution >= 4 is 6.15 Å². The molecule has 0 aliphatic rings. The van der Waals surface area contributed by atoms with Gasteiger partial charge in [-0.15, -0.1) is 0 Å². The number of nitrogens with two attached hydrogens (primary N) is 1. The van der Waals surface area contributed by atoms with Crippen molar-refractivity contribution in [2.75, 3.05) is 7.05 Å². The summed E-state index contributed by atoms with van der Waals surface area (Å²) in [6.45, 7) is 0. The first kappa shape index (κ1) is 18.4. The van der Waals surface area contributed by atoms with Gasteiger partial charge < -0.3 is 5.73 Å². The average Bonchev–Trinajstić information content (AvgIpc) is 1.46. The van der Waals surface area contributed by atoms with Crippen molar-refractivity contribution in [1.29, 1.82) is 0 Å². The maximum absolute atomic E-state index is 8.12. The first-order valence-corrected chi connectivity index (χ1v) is 0.986. The predicted molar refractivity (Wildman–Crippen MR) is 21.8 cm³/mol. The molecule has 0 spiro atoms. The summed E-state index contributed by atoms with van der Waals surface area (Å²) in [4.78, 5) is 16.2. The summed E-state index contributed by atoms with van der Waals surface area (Å²) < 4.78 is 0. The zero-order chi connectivity index (χ0) is 4.71. The van der Waals surface area contributed by atoms with Crippen LogP contribution in [0.4, 0.5) is 0 Å². The lowest BCUT2D eigenvalue weighted by molar-refractivity contribution is -0.191. The van der Waals surface area contributed by atoms with Gasteiger partial charge in [0.05, 0.1) is 0 Å². The minimum Gasteiger partial charge on any atom is -0.333 e. The van der Waals surface area contributed by atoms with Crippen LogP contribution in [-0.2, 0) is 9.59 Å². The van der Waals surface area contributed by atoms with E-state index in [-0.39, 0.29) is 13.6 Å². The van der Waals surface area contributed by atoms with E-state index in [1.54, 1.807) is 0 Å². The van der Waals surface area contributed by atoms with Crippen LogP contribution in [0.2, 0.25) is 0 Å². The average molecular weight is 91.1 g/mol. The Morgan fingerprint density at radius 3 is 1.33 bits per heavy atom. The standard InChI is InChI=1S/CH5N.CO2.CH4/c1-2;2-1-3;/h2H2,1H3;;1H4. The molecule has 0 bridgehead atoms. The molecule has 38 valence electrons. The quantitative estimate of drug-likeness (QED) is 0.442. The number of carbonyl (C=O) groups excluding carboxylic acids is 2. The Kier molecular flexibility index (Phi) is 1280. The molecule has 0 radical (unpaired) electrons. The molecule has 0 aromatic carbocycles. The molecule has 0 unspecified atom stereocenters. The fraction of sp³-hybridized carbons (Fsp3) is 0.667. The molecular formula is C3H9NO2. The highest BCUT2D eigenvalue weighted by Crippen LogP contribution is 0.787. The van der Waals surface area contributed by atoms with E-state index in [0.29, 0.717) is 0 Å². The van der Waals surface area contributed by atoms with Gasteiger partial charge in [0.2, 0.25) is 0 Å². The van der Waals surface area contributed by atoms with Crippen molar-refractivity contribution in [2.45, 2.75) is 7.43 Å². The molecule has 0 rings (SSSR count). The predicted octanol–water partition coefficient (Wildman–Crippen LogP) is -0.372. The lowest BCUT2D eigenvalue weighted by Gasteiger charge is -1.19. The van der Waals surface area contributed by atoms with Gasteiger partial charge in [-0.2, -0.15) is 9.59 Å². The van der Waals surface area contributed by atoms with E-state index in [1.807, 2.05) is 0 Å². The Morgan fingerprint density at radius 2 is 1.33 bits per heavy atom. The molecular weight excluding hydrogens is 82.0 g/mol. The van der Waals surface area contributed by atoms with Gasteiger partial charge >= 0.3 is 6.15 Å². The molecule has 0 atom stereocenters. The molecule has 3 nitrogen and oxygen atoms in total. The van der Waals surface area contributed by atoms with Crippen LogP contribution in [0.25, 0.3) is 0 Å². The first-order valence-electron chi connectivity index (χ1n) is 0.986. The molecule has 0 aliphatic heterocycles. The highest BCUT2D eigenvalue weighted by atomic mass is 16.2. The fourth-order valence-corrected chi connectivity index (χ4v) is 0. The second-order valence-electron chi connectivity index (χ2n) is 0.0833. The minimum absolute atomic E-state index is 0. The second-order valence-corrected chi connectivity index (χ2v) is 0.0833. The lowest BCUT2D eigenvalue weighted by atomic mass is 11.6. The lowest BCUT2D eigenvalue weighted by Crippen LogP contribution is -1.69. The summed E-state index contributed by atoms with van der Waals surface area (Å²) in [5.41, 5.74) is 4.50. The molecule has 2 N–H and O–H groups in total. The summed E-state index contributed by atoms with van der Waals surface area (Å²) in [6.07, 6.45) is 0.250. The molecule has 0 aliphatic carbocycles. The number of hydrogen-bond acceptors (Lipinski definition) is 3. The normalized spacial score (nSPS) is 2.33. The van der Waals surface area contributed by atoms with Crippen LogP contribution in [0.1, 0.15) is 7.43 Å². The molecule has 0 heterocycles. The summed E-state index contributed by atoms with van der Waals surface area (Å²) in [7, 11) is 1.50. The van der Waals surface area contributed by atoms with Gasteiger partial charge in [-0.1, -0.05) is 7.43 Å². The third-order valence-corrected chi connectivity index (χ3v) is 0. The van der Waals surface area contributed by atoms with Crippen molar-refractivity contribution in [3.05, 3.63) is 0 Å². The monoisotopic (exact) mass is 91.1 g/mol. The minimum atomic E-state index is 0. The van der Waals surface area contributed by atoms with Crippen molar-refractivity contribution < 1.29 is 9.59 Å². The molecule has 0 aromatic heterocycles. The Morgan fingerprint density at radius 1 is 1.33 bits per heavy atom. The van der Waals surface area contributed by atoms with Gasteiger partial charge in [0.15, 0.2) is 0 Å². The van der Waals surface area contributed by atoms with Gasteiger partial charge in [0.25, 0.3) is 0 Å². The van der Waals surface area contributed by atoms with Gasteiger partial charge in [0.1, 0.15) is 0 Å². The van der Waals surface area contributed by atoms with Gasteiger partial charge in [-0.25, -0.2) is 0 Å². The summed E-state index contributed by atoms with van der Waals surface area (Å²) in [5, 5.41) is 0. The molecule has 0 fully saturated rings. The van der Waals surface area contributed by atoms with Gasteiger partial charge in [-0.3, -0.25) is 0 Å². The molecule has 6 heavy (non-hydrogen) atoms. The SMILES string of the molecule is C.CN.O=C=O. The molecule has 0 aromatic rings. The van der Waals surface area contributed by atoms with Crippen LogP contribution >= 0.6 is 0 Å². The maximum Gasteiger partial charge on any atom is 0.373 e. The van der Waals surface area contributed by atoms with Gasteiger partial charge in [-0.05, 0) is 7.05 Å². The van der Waals surface area contributed by atoms with Crippen LogP contribution in [0, 0.1) is 0 Å². The Balaban J connectivity index is -0.0000000275. The molecule has 0 saturated heterocycles. The summed E-state index contributed by atoms with van der Waals surface area (Å²) >= 11 is 0. The number of rotatable bonds is 0. The van der Waals surface area contributed by atoms with Crippen molar-refractivity contribution in [3.8, 4) is 0 Å². The van der Waals surface area contributed by atoms with Crippen molar-refractivity contribution in [1.82, 2.24) is 0 Å². The van der Waals surface area contributed by atoms with E-state index < -0.39 is 0 Å². The largest absolute Gasteiger partial charge is 0.373 e. The zero-order valence-electron chi connectivity index (χ0n) is 2.89. The van der Waals surface area contributed by atoms with Gasteiger partial charge in [0, 0.05) is 0 Å². The third-order valence-electron chi connectivity index (χ3n) is 0. The Hall–Kier alpha value is -0.660. The van der Waals surface area contributed by atoms with Crippen LogP contribution < -0.4 is 5.73 Å². The van der Waals surface area contributed by atoms with E-state index in [0.717, 1.165) is 0 Å². The van der Waals surface area contributed by atoms with Crippen LogP contribution in [0.15, 0.2) is 0 Å². The van der Waals surface area contributed by atoms with Crippen molar-refractivity contribution in [3.63, 3.8) is 0 Å². The Bertz CT molecular complexity index is 29.8. The highest BCUT2D eigenvalue weighted by molar-refractivity contribution is 5.20. The summed E-state index contributed by atoms with van der Waals surface area (Å²) in [5.74, 6) is 0. The van der Waals surface area contributed by atoms with Crippen LogP contribution in [-0.4, -0.2) is 13.2 Å². The highest BCUT2D eigenvalue weighted by Gasteiger charge is 1.13. The van der Waals surface area contributed by atoms with Crippen LogP contribution in [0.5, 0.6) is 0 Å². The van der Waals surface area contributed by atoms with E-state index in [2.05, 4.69) is 5.73 Å². The first-order chi connectivity index (χ1) is 2.41. The third kappa shape index (κ3) is 42.0.